The monoisotopic (exact) mass is 282 g/mol. The van der Waals surface area contributed by atoms with Gasteiger partial charge in [-0.15, -0.1) is 12.4 Å². The highest BCUT2D eigenvalue weighted by Gasteiger charge is 2.28. The highest BCUT2D eigenvalue weighted by Crippen LogP contribution is 2.19. The molecule has 1 fully saturated rings. The summed E-state index contributed by atoms with van der Waals surface area (Å²) in [7, 11) is 0. The van der Waals surface area contributed by atoms with Crippen LogP contribution in [0.1, 0.15) is 32.3 Å². The van der Waals surface area contributed by atoms with Crippen LogP contribution in [0.3, 0.4) is 0 Å². The smallest absolute Gasteiger partial charge is 0.229 e. The van der Waals surface area contributed by atoms with Crippen molar-refractivity contribution in [2.75, 3.05) is 13.1 Å². The van der Waals surface area contributed by atoms with Gasteiger partial charge in [-0.2, -0.15) is 0 Å². The number of halogens is 1. The van der Waals surface area contributed by atoms with E-state index >= 15 is 0 Å². The molecule has 0 aromatic heterocycles. The maximum absolute atomic E-state index is 12.5. The maximum Gasteiger partial charge on any atom is 0.229 e. The van der Waals surface area contributed by atoms with Gasteiger partial charge in [-0.3, -0.25) is 4.79 Å². The third kappa shape index (κ3) is 3.95. The van der Waals surface area contributed by atoms with E-state index in [4.69, 9.17) is 0 Å². The molecule has 0 radical (unpaired) electrons. The number of rotatable bonds is 2. The fourth-order valence-corrected chi connectivity index (χ4v) is 2.66. The van der Waals surface area contributed by atoms with Crippen molar-refractivity contribution < 1.29 is 4.79 Å². The average molecular weight is 283 g/mol. The van der Waals surface area contributed by atoms with E-state index in [0.717, 1.165) is 18.7 Å². The topological polar surface area (TPSA) is 32.3 Å². The molecule has 1 heterocycles. The predicted octanol–water partition coefficient (Wildman–Crippen LogP) is 2.42. The van der Waals surface area contributed by atoms with Gasteiger partial charge < -0.3 is 10.2 Å². The van der Waals surface area contributed by atoms with E-state index in [-0.39, 0.29) is 24.2 Å². The van der Waals surface area contributed by atoms with Crippen molar-refractivity contribution in [3.63, 3.8) is 0 Å². The van der Waals surface area contributed by atoms with Crippen molar-refractivity contribution in [3.05, 3.63) is 35.9 Å². The maximum atomic E-state index is 12.5. The number of nitrogens with zero attached hydrogens (tertiary/aromatic N) is 1. The molecule has 1 N–H and O–H groups in total. The number of hydrogen-bond acceptors (Lipinski definition) is 2. The second kappa shape index (κ2) is 6.92. The number of amides is 1. The third-order valence-electron chi connectivity index (χ3n) is 3.54. The minimum atomic E-state index is -0.0521. The Bertz CT molecular complexity index is 400. The Kier molecular flexibility index (Phi) is 5.83. The summed E-state index contributed by atoms with van der Waals surface area (Å²) in [5.74, 6) is 0.185. The molecule has 0 spiro atoms. The quantitative estimate of drug-likeness (QED) is 0.904. The van der Waals surface area contributed by atoms with Crippen molar-refractivity contribution in [3.8, 4) is 0 Å². The van der Waals surface area contributed by atoms with Crippen molar-refractivity contribution in [2.45, 2.75) is 38.8 Å². The van der Waals surface area contributed by atoms with Crippen molar-refractivity contribution in [1.82, 2.24) is 10.2 Å². The van der Waals surface area contributed by atoms with Gasteiger partial charge in [0.05, 0.1) is 5.92 Å². The summed E-state index contributed by atoms with van der Waals surface area (Å²) in [4.78, 5) is 14.5. The summed E-state index contributed by atoms with van der Waals surface area (Å²) in [6.45, 7) is 7.86. The van der Waals surface area contributed by atoms with Crippen molar-refractivity contribution >= 4 is 18.3 Å². The lowest BCUT2D eigenvalue weighted by Crippen LogP contribution is -2.56. The lowest BCUT2D eigenvalue weighted by molar-refractivity contribution is -0.134. The minimum absolute atomic E-state index is 0. The number of nitrogens with one attached hydrogen (secondary N) is 1. The highest BCUT2D eigenvalue weighted by molar-refractivity contribution is 5.85. The molecule has 0 saturated carbocycles. The molecule has 4 heteroatoms. The molecule has 1 amide bonds. The minimum Gasteiger partial charge on any atom is -0.339 e. The number of benzene rings is 1. The molecule has 1 aromatic rings. The van der Waals surface area contributed by atoms with Crippen LogP contribution >= 0.6 is 12.4 Å². The molecule has 0 aliphatic carbocycles. The first-order chi connectivity index (χ1) is 8.58. The normalized spacial score (nSPS) is 24.5. The van der Waals surface area contributed by atoms with Crippen LogP contribution in [0.4, 0.5) is 0 Å². The van der Waals surface area contributed by atoms with Gasteiger partial charge in [-0.1, -0.05) is 30.3 Å². The van der Waals surface area contributed by atoms with Crippen LogP contribution in [0.15, 0.2) is 30.3 Å². The summed E-state index contributed by atoms with van der Waals surface area (Å²) in [6.07, 6.45) is 0. The Morgan fingerprint density at radius 2 is 1.74 bits per heavy atom. The van der Waals surface area contributed by atoms with Crippen molar-refractivity contribution in [1.29, 1.82) is 0 Å². The standard InChI is InChI=1S/C15H22N2O.ClH/c1-11-9-17(10-12(2)16-11)15(18)13(3)14-7-5-4-6-8-14;/h4-8,11-13,16H,9-10H2,1-3H3;1H. The van der Waals surface area contributed by atoms with Crippen molar-refractivity contribution in [2.24, 2.45) is 0 Å². The van der Waals surface area contributed by atoms with E-state index in [1.807, 2.05) is 42.2 Å². The fraction of sp³-hybridized carbons (Fsp3) is 0.533. The molecular formula is C15H23ClN2O. The third-order valence-corrected chi connectivity index (χ3v) is 3.54. The summed E-state index contributed by atoms with van der Waals surface area (Å²) in [6, 6.07) is 10.8. The molecule has 0 bridgehead atoms. The van der Waals surface area contributed by atoms with Gasteiger partial charge >= 0.3 is 0 Å². The first-order valence-electron chi connectivity index (χ1n) is 6.67. The Hall–Kier alpha value is -1.06. The van der Waals surface area contributed by atoms with Crippen LogP contribution < -0.4 is 5.32 Å². The largest absolute Gasteiger partial charge is 0.339 e. The lowest BCUT2D eigenvalue weighted by Gasteiger charge is -2.37. The van der Waals surface area contributed by atoms with E-state index in [0.29, 0.717) is 12.1 Å². The zero-order valence-electron chi connectivity index (χ0n) is 11.8. The number of piperazine rings is 1. The number of hydrogen-bond donors (Lipinski definition) is 1. The Balaban J connectivity index is 0.00000180. The second-order valence-electron chi connectivity index (χ2n) is 5.34. The predicted molar refractivity (Wildman–Crippen MR) is 80.7 cm³/mol. The molecule has 3 unspecified atom stereocenters. The average Bonchev–Trinajstić information content (AvgIpc) is 2.37. The zero-order valence-corrected chi connectivity index (χ0v) is 12.6. The van der Waals surface area contributed by atoms with Gasteiger partial charge in [0.1, 0.15) is 0 Å². The van der Waals surface area contributed by atoms with Gasteiger partial charge in [0.15, 0.2) is 0 Å². The fourth-order valence-electron chi connectivity index (χ4n) is 2.66. The Labute approximate surface area is 121 Å². The van der Waals surface area contributed by atoms with E-state index in [1.54, 1.807) is 0 Å². The Morgan fingerprint density at radius 1 is 1.21 bits per heavy atom. The summed E-state index contributed by atoms with van der Waals surface area (Å²) in [5, 5.41) is 3.45. The van der Waals surface area contributed by atoms with Crippen LogP contribution in [0.5, 0.6) is 0 Å². The molecule has 106 valence electrons. The lowest BCUT2D eigenvalue weighted by atomic mass is 9.98. The molecule has 1 aromatic carbocycles. The zero-order chi connectivity index (χ0) is 13.1. The second-order valence-corrected chi connectivity index (χ2v) is 5.34. The number of carbonyl (C=O) groups is 1. The summed E-state index contributed by atoms with van der Waals surface area (Å²) in [5.41, 5.74) is 1.10. The van der Waals surface area contributed by atoms with E-state index < -0.39 is 0 Å². The van der Waals surface area contributed by atoms with Gasteiger partial charge in [-0.05, 0) is 26.3 Å². The van der Waals surface area contributed by atoms with E-state index in [1.165, 1.54) is 0 Å². The highest BCUT2D eigenvalue weighted by atomic mass is 35.5. The van der Waals surface area contributed by atoms with Gasteiger partial charge in [-0.25, -0.2) is 0 Å². The molecule has 3 atom stereocenters. The van der Waals surface area contributed by atoms with E-state index in [2.05, 4.69) is 19.2 Å². The molecule has 1 aliphatic heterocycles. The van der Waals surface area contributed by atoms with Crippen LogP contribution in [0.2, 0.25) is 0 Å². The van der Waals surface area contributed by atoms with Gasteiger partial charge in [0.25, 0.3) is 0 Å². The first-order valence-corrected chi connectivity index (χ1v) is 6.67. The Morgan fingerprint density at radius 3 is 2.26 bits per heavy atom. The van der Waals surface area contributed by atoms with Crippen LogP contribution in [-0.4, -0.2) is 36.0 Å². The summed E-state index contributed by atoms with van der Waals surface area (Å²) < 4.78 is 0. The molecule has 3 nitrogen and oxygen atoms in total. The number of carbonyl (C=O) groups excluding carboxylic acids is 1. The molecule has 1 aliphatic rings. The summed E-state index contributed by atoms with van der Waals surface area (Å²) >= 11 is 0. The molecule has 2 rings (SSSR count). The SMILES string of the molecule is CC1CN(C(=O)C(C)c2ccccc2)CC(C)N1.Cl. The van der Waals surface area contributed by atoms with Crippen LogP contribution in [0.25, 0.3) is 0 Å². The van der Waals surface area contributed by atoms with Crippen LogP contribution in [0, 0.1) is 0 Å². The molecule has 1 saturated heterocycles. The van der Waals surface area contributed by atoms with Gasteiger partial charge in [0.2, 0.25) is 5.91 Å². The van der Waals surface area contributed by atoms with E-state index in [9.17, 15) is 4.79 Å². The molecular weight excluding hydrogens is 260 g/mol. The van der Waals surface area contributed by atoms with Crippen LogP contribution in [-0.2, 0) is 4.79 Å². The van der Waals surface area contributed by atoms with Gasteiger partial charge in [0, 0.05) is 25.2 Å². The first kappa shape index (κ1) is 16.0. The molecule has 19 heavy (non-hydrogen) atoms.